The molecule has 0 aliphatic heterocycles. The van der Waals surface area contributed by atoms with Crippen LogP contribution < -0.4 is 16.0 Å². The first-order valence-electron chi connectivity index (χ1n) is 7.52. The molecule has 122 valence electrons. The predicted molar refractivity (Wildman–Crippen MR) is 90.5 cm³/mol. The number of anilines is 1. The molecule has 22 heavy (non-hydrogen) atoms. The molecule has 2 amide bonds. The highest BCUT2D eigenvalue weighted by atomic mass is 35.5. The summed E-state index contributed by atoms with van der Waals surface area (Å²) in [6.07, 6.45) is 1.96. The van der Waals surface area contributed by atoms with E-state index in [4.69, 9.17) is 0 Å². The molecule has 1 aliphatic carbocycles. The summed E-state index contributed by atoms with van der Waals surface area (Å²) < 4.78 is 0. The van der Waals surface area contributed by atoms with E-state index in [-0.39, 0.29) is 36.2 Å². The molecular weight excluding hydrogens is 302 g/mol. The molecule has 0 bridgehead atoms. The number of amides is 2. The third kappa shape index (κ3) is 5.66. The van der Waals surface area contributed by atoms with Gasteiger partial charge in [-0.2, -0.15) is 0 Å². The second-order valence-electron chi connectivity index (χ2n) is 5.51. The van der Waals surface area contributed by atoms with Crippen LogP contribution in [0.3, 0.4) is 0 Å². The van der Waals surface area contributed by atoms with Gasteiger partial charge in [0.1, 0.15) is 0 Å². The Hall–Kier alpha value is -1.59. The molecule has 6 heteroatoms. The van der Waals surface area contributed by atoms with Gasteiger partial charge in [0.25, 0.3) is 5.91 Å². The summed E-state index contributed by atoms with van der Waals surface area (Å²) in [5.74, 6) is 0.159. The molecular formula is C16H24ClN3O2. The molecule has 1 aromatic carbocycles. The van der Waals surface area contributed by atoms with Gasteiger partial charge in [-0.05, 0) is 50.6 Å². The molecule has 0 unspecified atom stereocenters. The third-order valence-corrected chi connectivity index (χ3v) is 3.48. The zero-order valence-electron chi connectivity index (χ0n) is 13.0. The van der Waals surface area contributed by atoms with Gasteiger partial charge in [-0.25, -0.2) is 0 Å². The van der Waals surface area contributed by atoms with Gasteiger partial charge in [0, 0.05) is 29.8 Å². The molecule has 0 aromatic heterocycles. The van der Waals surface area contributed by atoms with Crippen LogP contribution in [0.2, 0.25) is 0 Å². The Bertz CT molecular complexity index is 501. The fraction of sp³-hybridized carbons (Fsp3) is 0.500. The highest BCUT2D eigenvalue weighted by Crippen LogP contribution is 2.30. The van der Waals surface area contributed by atoms with E-state index in [2.05, 4.69) is 16.0 Å². The van der Waals surface area contributed by atoms with Crippen LogP contribution in [0.1, 0.15) is 37.0 Å². The minimum Gasteiger partial charge on any atom is -0.350 e. The number of nitrogens with one attached hydrogen (secondary N) is 3. The lowest BCUT2D eigenvalue weighted by atomic mass is 10.2. The van der Waals surface area contributed by atoms with E-state index in [9.17, 15) is 9.59 Å². The van der Waals surface area contributed by atoms with Gasteiger partial charge in [-0.1, -0.05) is 6.92 Å². The van der Waals surface area contributed by atoms with Gasteiger partial charge < -0.3 is 16.0 Å². The van der Waals surface area contributed by atoms with Gasteiger partial charge in [0.2, 0.25) is 5.91 Å². The van der Waals surface area contributed by atoms with Crippen LogP contribution in [0.15, 0.2) is 24.3 Å². The minimum absolute atomic E-state index is 0. The summed E-state index contributed by atoms with van der Waals surface area (Å²) >= 11 is 0. The second-order valence-corrected chi connectivity index (χ2v) is 5.51. The van der Waals surface area contributed by atoms with E-state index < -0.39 is 0 Å². The van der Waals surface area contributed by atoms with E-state index in [0.717, 1.165) is 25.1 Å². The maximum atomic E-state index is 12.0. The van der Waals surface area contributed by atoms with Gasteiger partial charge in [0.15, 0.2) is 0 Å². The van der Waals surface area contributed by atoms with E-state index in [1.165, 1.54) is 0 Å². The van der Waals surface area contributed by atoms with Crippen molar-refractivity contribution in [3.8, 4) is 0 Å². The van der Waals surface area contributed by atoms with Crippen LogP contribution in [0.25, 0.3) is 0 Å². The van der Waals surface area contributed by atoms with Crippen molar-refractivity contribution < 1.29 is 9.59 Å². The Kier molecular flexibility index (Phi) is 7.35. The summed E-state index contributed by atoms with van der Waals surface area (Å²) in [7, 11) is 0. The summed E-state index contributed by atoms with van der Waals surface area (Å²) in [6, 6.07) is 7.24. The molecule has 2 rings (SSSR count). The first-order valence-corrected chi connectivity index (χ1v) is 7.52. The molecule has 0 heterocycles. The summed E-state index contributed by atoms with van der Waals surface area (Å²) in [5.41, 5.74) is 1.34. The first-order chi connectivity index (χ1) is 10.1. The molecule has 0 spiro atoms. The Morgan fingerprint density at radius 3 is 2.41 bits per heavy atom. The van der Waals surface area contributed by atoms with Crippen molar-refractivity contribution in [2.24, 2.45) is 5.92 Å². The van der Waals surface area contributed by atoms with Gasteiger partial charge >= 0.3 is 0 Å². The van der Waals surface area contributed by atoms with Crippen LogP contribution in [0.5, 0.6) is 0 Å². The highest BCUT2D eigenvalue weighted by Gasteiger charge is 2.29. The topological polar surface area (TPSA) is 70.2 Å². The van der Waals surface area contributed by atoms with E-state index in [1.54, 1.807) is 24.3 Å². The minimum atomic E-state index is -0.0974. The van der Waals surface area contributed by atoms with Gasteiger partial charge in [-0.15, -0.1) is 12.4 Å². The molecule has 3 N–H and O–H groups in total. The fourth-order valence-corrected chi connectivity index (χ4v) is 2.06. The SMILES string of the molecule is CCN[C@H](C)CNC(=O)c1ccc(NC(=O)C2CC2)cc1.Cl. The van der Waals surface area contributed by atoms with Crippen molar-refractivity contribution in [3.63, 3.8) is 0 Å². The normalized spacial score (nSPS) is 14.6. The molecule has 1 fully saturated rings. The van der Waals surface area contributed by atoms with Crippen LogP contribution in [-0.2, 0) is 4.79 Å². The highest BCUT2D eigenvalue weighted by molar-refractivity contribution is 5.96. The number of hydrogen-bond acceptors (Lipinski definition) is 3. The van der Waals surface area contributed by atoms with Crippen molar-refractivity contribution in [2.45, 2.75) is 32.7 Å². The summed E-state index contributed by atoms with van der Waals surface area (Å²) in [4.78, 5) is 23.6. The zero-order valence-corrected chi connectivity index (χ0v) is 13.8. The average Bonchev–Trinajstić information content (AvgIpc) is 3.30. The van der Waals surface area contributed by atoms with Crippen LogP contribution in [-0.4, -0.2) is 30.9 Å². The first kappa shape index (κ1) is 18.5. The van der Waals surface area contributed by atoms with Crippen molar-refractivity contribution in [1.29, 1.82) is 0 Å². The molecule has 1 saturated carbocycles. The molecule has 1 aliphatic rings. The van der Waals surface area contributed by atoms with Crippen LogP contribution >= 0.6 is 12.4 Å². The van der Waals surface area contributed by atoms with Crippen molar-refractivity contribution in [2.75, 3.05) is 18.4 Å². The molecule has 5 nitrogen and oxygen atoms in total. The zero-order chi connectivity index (χ0) is 15.2. The number of hydrogen-bond donors (Lipinski definition) is 3. The van der Waals surface area contributed by atoms with E-state index in [0.29, 0.717) is 12.1 Å². The number of rotatable bonds is 7. The quantitative estimate of drug-likeness (QED) is 0.719. The number of halogens is 1. The van der Waals surface area contributed by atoms with Crippen LogP contribution in [0.4, 0.5) is 5.69 Å². The predicted octanol–water partition coefficient (Wildman–Crippen LogP) is 2.18. The number of likely N-dealkylation sites (N-methyl/N-ethyl adjacent to an activating group) is 1. The summed E-state index contributed by atoms with van der Waals surface area (Å²) in [6.45, 7) is 5.53. The van der Waals surface area contributed by atoms with Crippen molar-refractivity contribution >= 4 is 29.9 Å². The van der Waals surface area contributed by atoms with Crippen molar-refractivity contribution in [3.05, 3.63) is 29.8 Å². The van der Waals surface area contributed by atoms with E-state index >= 15 is 0 Å². The molecule has 0 radical (unpaired) electrons. The average molecular weight is 326 g/mol. The lowest BCUT2D eigenvalue weighted by Gasteiger charge is -2.13. The maximum absolute atomic E-state index is 12.0. The second kappa shape index (κ2) is 8.76. The number of benzene rings is 1. The number of carbonyl (C=O) groups excluding carboxylic acids is 2. The maximum Gasteiger partial charge on any atom is 0.251 e. The largest absolute Gasteiger partial charge is 0.350 e. The lowest BCUT2D eigenvalue weighted by molar-refractivity contribution is -0.117. The fourth-order valence-electron chi connectivity index (χ4n) is 2.06. The van der Waals surface area contributed by atoms with Crippen LogP contribution in [0, 0.1) is 5.92 Å². The number of carbonyl (C=O) groups is 2. The standard InChI is InChI=1S/C16H23N3O2.ClH/c1-3-17-11(2)10-18-15(20)12-6-8-14(9-7-12)19-16(21)13-4-5-13;/h6-9,11,13,17H,3-5,10H2,1-2H3,(H,18,20)(H,19,21);1H/t11-;/m1./s1. The molecule has 1 atom stereocenters. The van der Waals surface area contributed by atoms with E-state index in [1.807, 2.05) is 13.8 Å². The monoisotopic (exact) mass is 325 g/mol. The Morgan fingerprint density at radius 1 is 1.23 bits per heavy atom. The third-order valence-electron chi connectivity index (χ3n) is 3.48. The molecule has 1 aromatic rings. The van der Waals surface area contributed by atoms with Crippen molar-refractivity contribution in [1.82, 2.24) is 10.6 Å². The summed E-state index contributed by atoms with van der Waals surface area (Å²) in [5, 5.41) is 8.98. The lowest BCUT2D eigenvalue weighted by Crippen LogP contribution is -2.38. The Balaban J connectivity index is 0.00000242. The van der Waals surface area contributed by atoms with Gasteiger partial charge in [-0.3, -0.25) is 9.59 Å². The Morgan fingerprint density at radius 2 is 1.86 bits per heavy atom. The smallest absolute Gasteiger partial charge is 0.251 e. The molecule has 0 saturated heterocycles. The Labute approximate surface area is 137 Å². The van der Waals surface area contributed by atoms with Gasteiger partial charge in [0.05, 0.1) is 0 Å².